The maximum atomic E-state index is 13.9. The normalized spacial score (nSPS) is 16.6. The molecular weight excluding hydrogens is 1060 g/mol. The number of aryl methyl sites for hydroxylation is 3. The number of aromatic nitrogens is 4. The first-order valence-corrected chi connectivity index (χ1v) is 28.2. The maximum absolute atomic E-state index is 13.9. The number of hydrogen-bond acceptors (Lipinski definition) is 17. The third kappa shape index (κ3) is 16.5. The summed E-state index contributed by atoms with van der Waals surface area (Å²) >= 11 is 9.46. The monoisotopic (exact) mass is 1130 g/mol. The van der Waals surface area contributed by atoms with Crippen molar-refractivity contribution in [2.24, 2.45) is 10.4 Å². The predicted octanol–water partition coefficient (Wildman–Crippen LogP) is 5.65. The minimum atomic E-state index is -0.972. The zero-order valence-electron chi connectivity index (χ0n) is 45.4. The Bertz CT molecular complexity index is 2810. The van der Waals surface area contributed by atoms with Crippen LogP contribution in [0.2, 0.25) is 5.02 Å². The van der Waals surface area contributed by atoms with Crippen LogP contribution in [-0.4, -0.2) is 170 Å². The first-order valence-electron chi connectivity index (χ1n) is 26.1. The Labute approximate surface area is 468 Å². The highest BCUT2D eigenvalue weighted by molar-refractivity contribution is 7.15. The molecule has 23 heteroatoms. The molecule has 2 aliphatic heterocycles. The smallest absolute Gasteiger partial charge is 0.246 e. The van der Waals surface area contributed by atoms with Gasteiger partial charge in [-0.3, -0.25) is 28.7 Å². The van der Waals surface area contributed by atoms with E-state index >= 15 is 0 Å². The molecule has 1 unspecified atom stereocenters. The number of nitrogens with one attached hydrogen (secondary N) is 3. The standard InChI is InChI=1S/C55H72ClN9O11S2/c1-34-36(3)78-54-47(34)48(39-12-14-41(56)15-13-39)60-43(51-63-62-37(4)65(51)54)29-45(67)57-16-17-71-18-19-72-20-21-73-22-23-74-24-25-75-26-27-76-32-46(68)61-50(55(5,6)7)53(70)64-31-42(66)28-44(64)52(69)58-30-38-8-10-40(11-9-38)49-35(2)59-33-77-49/h8-15,33,42-44,50,66H,16-32H2,1-7H3,(H,57,67)(H,58,69)(H,61,68)/t42-,43+,44+,50?/m1/s1. The lowest BCUT2D eigenvalue weighted by molar-refractivity contribution is -0.144. The predicted molar refractivity (Wildman–Crippen MR) is 297 cm³/mol. The molecule has 4 N–H and O–H groups in total. The van der Waals surface area contributed by atoms with E-state index < -0.39 is 41.5 Å². The van der Waals surface area contributed by atoms with Crippen LogP contribution in [0.5, 0.6) is 0 Å². The van der Waals surface area contributed by atoms with Crippen LogP contribution in [0.25, 0.3) is 15.4 Å². The number of carbonyl (C=O) groups is 4. The lowest BCUT2D eigenvalue weighted by atomic mass is 9.85. The molecule has 1 fully saturated rings. The van der Waals surface area contributed by atoms with Crippen LogP contribution in [0.3, 0.4) is 0 Å². The van der Waals surface area contributed by atoms with E-state index in [0.717, 1.165) is 54.9 Å². The SMILES string of the molecule is Cc1ncsc1-c1ccc(CNC(=O)[C@@H]2C[C@@H](O)CN2C(=O)C(NC(=O)COCCOCCOCCOCCOCCOCCNC(=O)C[C@@H]2N=C(c3ccc(Cl)cc3)c3c(sc(C)c3C)-n3c(C)nnc32)C(C)(C)C)cc1. The molecule has 2 aromatic carbocycles. The highest BCUT2D eigenvalue weighted by Gasteiger charge is 2.44. The van der Waals surface area contributed by atoms with Gasteiger partial charge in [0.2, 0.25) is 23.6 Å². The third-order valence-electron chi connectivity index (χ3n) is 13.1. The number of aliphatic hydroxyl groups is 1. The Morgan fingerprint density at radius 1 is 0.782 bits per heavy atom. The molecule has 422 valence electrons. The van der Waals surface area contributed by atoms with Crippen LogP contribution in [0.1, 0.15) is 84.1 Å². The number of thiazole rings is 1. The number of ether oxygens (including phenoxy) is 6. The number of benzene rings is 2. The summed E-state index contributed by atoms with van der Waals surface area (Å²) in [4.78, 5) is 66.7. The van der Waals surface area contributed by atoms with Crippen LogP contribution in [0.4, 0.5) is 0 Å². The molecule has 1 saturated heterocycles. The molecule has 2 aliphatic rings. The molecule has 20 nitrogen and oxygen atoms in total. The van der Waals surface area contributed by atoms with Crippen molar-refractivity contribution in [2.45, 2.75) is 92.1 Å². The van der Waals surface area contributed by atoms with E-state index in [-0.39, 0.29) is 57.6 Å². The van der Waals surface area contributed by atoms with Gasteiger partial charge in [-0.1, -0.05) is 68.8 Å². The summed E-state index contributed by atoms with van der Waals surface area (Å²) < 4.78 is 35.5. The van der Waals surface area contributed by atoms with Gasteiger partial charge in [0, 0.05) is 47.1 Å². The topological polar surface area (TPSA) is 239 Å². The van der Waals surface area contributed by atoms with E-state index in [0.29, 0.717) is 76.9 Å². The Balaban J connectivity index is 0.686. The van der Waals surface area contributed by atoms with Crippen LogP contribution < -0.4 is 16.0 Å². The van der Waals surface area contributed by atoms with Crippen molar-refractivity contribution in [1.82, 2.24) is 40.6 Å². The molecule has 0 saturated carbocycles. The number of halogens is 1. The molecule has 3 aromatic heterocycles. The fourth-order valence-electron chi connectivity index (χ4n) is 8.89. The molecule has 0 bridgehead atoms. The van der Waals surface area contributed by atoms with Gasteiger partial charge in [0.1, 0.15) is 35.6 Å². The number of hydrogen-bond donors (Lipinski definition) is 4. The minimum Gasteiger partial charge on any atom is -0.391 e. The van der Waals surface area contributed by atoms with Gasteiger partial charge in [-0.15, -0.1) is 32.9 Å². The second-order valence-electron chi connectivity index (χ2n) is 20.0. The Kier molecular flexibility index (Phi) is 22.4. The maximum Gasteiger partial charge on any atom is 0.246 e. The van der Waals surface area contributed by atoms with Crippen LogP contribution in [-0.2, 0) is 54.1 Å². The number of β-amino-alcohol motifs (C(OH)–C–C–N with tert-alkyl or cyclic N) is 1. The van der Waals surface area contributed by atoms with E-state index in [2.05, 4.69) is 45.0 Å². The van der Waals surface area contributed by atoms with E-state index in [1.54, 1.807) is 22.7 Å². The largest absolute Gasteiger partial charge is 0.391 e. The van der Waals surface area contributed by atoms with Gasteiger partial charge in [-0.2, -0.15) is 0 Å². The van der Waals surface area contributed by atoms with Crippen molar-refractivity contribution in [3.63, 3.8) is 0 Å². The molecule has 78 heavy (non-hydrogen) atoms. The molecule has 5 heterocycles. The van der Waals surface area contributed by atoms with Gasteiger partial charge in [0.05, 0.1) is 107 Å². The van der Waals surface area contributed by atoms with Crippen molar-refractivity contribution < 1.29 is 52.7 Å². The number of rotatable bonds is 29. The molecule has 7 rings (SSSR count). The van der Waals surface area contributed by atoms with Gasteiger partial charge >= 0.3 is 0 Å². The van der Waals surface area contributed by atoms with E-state index in [1.807, 2.05) is 93.2 Å². The second kappa shape index (κ2) is 29.1. The van der Waals surface area contributed by atoms with E-state index in [1.165, 1.54) is 9.78 Å². The molecule has 4 atom stereocenters. The van der Waals surface area contributed by atoms with Gasteiger partial charge in [0.25, 0.3) is 0 Å². The third-order valence-corrected chi connectivity index (χ3v) is 15.5. The Morgan fingerprint density at radius 2 is 1.38 bits per heavy atom. The summed E-state index contributed by atoms with van der Waals surface area (Å²) in [5, 5.41) is 29.7. The molecule has 0 aliphatic carbocycles. The zero-order valence-corrected chi connectivity index (χ0v) is 47.8. The fourth-order valence-corrected chi connectivity index (χ4v) is 11.0. The highest BCUT2D eigenvalue weighted by Crippen LogP contribution is 2.40. The molecular formula is C55H72ClN9O11S2. The summed E-state index contributed by atoms with van der Waals surface area (Å²) in [6.07, 6.45) is -0.700. The van der Waals surface area contributed by atoms with Crippen LogP contribution in [0, 0.1) is 33.1 Å². The van der Waals surface area contributed by atoms with Crippen molar-refractivity contribution in [2.75, 3.05) is 92.4 Å². The summed E-state index contributed by atoms with van der Waals surface area (Å²) in [6.45, 7) is 17.4. The number of amides is 4. The van der Waals surface area contributed by atoms with Gasteiger partial charge in [-0.05, 0) is 61.9 Å². The summed E-state index contributed by atoms with van der Waals surface area (Å²) in [5.74, 6) is -0.148. The van der Waals surface area contributed by atoms with E-state index in [9.17, 15) is 24.3 Å². The molecule has 5 aromatic rings. The Hall–Kier alpha value is -5.53. The number of fused-ring (bicyclic) bond motifs is 3. The quantitative estimate of drug-likeness (QED) is 0.0424. The first kappa shape index (κ1) is 60.1. The summed E-state index contributed by atoms with van der Waals surface area (Å²) in [6, 6.07) is 13.0. The number of aliphatic hydroxyl groups excluding tert-OH is 1. The van der Waals surface area contributed by atoms with Crippen LogP contribution in [0.15, 0.2) is 59.0 Å². The summed E-state index contributed by atoms with van der Waals surface area (Å²) in [5.41, 5.74) is 7.83. The average molecular weight is 1130 g/mol. The first-order chi connectivity index (χ1) is 37.5. The molecule has 0 spiro atoms. The van der Waals surface area contributed by atoms with Gasteiger partial charge in [0.15, 0.2) is 5.82 Å². The van der Waals surface area contributed by atoms with Crippen molar-refractivity contribution in [1.29, 1.82) is 0 Å². The second-order valence-corrected chi connectivity index (χ2v) is 22.5. The Morgan fingerprint density at radius 3 is 1.99 bits per heavy atom. The van der Waals surface area contributed by atoms with Gasteiger partial charge in [-0.25, -0.2) is 4.98 Å². The minimum absolute atomic E-state index is 0.0226. The van der Waals surface area contributed by atoms with Crippen molar-refractivity contribution in [3.05, 3.63) is 104 Å². The molecule has 4 amide bonds. The van der Waals surface area contributed by atoms with Crippen molar-refractivity contribution >= 4 is 63.6 Å². The summed E-state index contributed by atoms with van der Waals surface area (Å²) in [7, 11) is 0. The van der Waals surface area contributed by atoms with Gasteiger partial charge < -0.3 is 54.4 Å². The highest BCUT2D eigenvalue weighted by atomic mass is 35.5. The van der Waals surface area contributed by atoms with Crippen LogP contribution >= 0.6 is 34.3 Å². The number of nitrogens with zero attached hydrogens (tertiary/aromatic N) is 6. The number of likely N-dealkylation sites (tertiary alicyclic amines) is 1. The number of thiophene rings is 1. The fraction of sp³-hybridized carbons (Fsp3) is 0.527. The number of aliphatic imine (C=N–C) groups is 1. The zero-order chi connectivity index (χ0) is 55.8. The number of carbonyl (C=O) groups excluding carboxylic acids is 4. The lowest BCUT2D eigenvalue weighted by Gasteiger charge is -2.35. The van der Waals surface area contributed by atoms with E-state index in [4.69, 9.17) is 45.0 Å². The van der Waals surface area contributed by atoms with Crippen molar-refractivity contribution in [3.8, 4) is 15.4 Å². The molecule has 0 radical (unpaired) electrons. The lowest BCUT2D eigenvalue weighted by Crippen LogP contribution is -2.58. The average Bonchev–Trinajstić information content (AvgIpc) is 4.34.